The molecule has 0 radical (unpaired) electrons. The molecule has 0 bridgehead atoms. The van der Waals surface area contributed by atoms with E-state index in [-0.39, 0.29) is 0 Å². The van der Waals surface area contributed by atoms with E-state index in [1.54, 1.807) is 12.1 Å². The summed E-state index contributed by atoms with van der Waals surface area (Å²) in [5.41, 5.74) is 0. The summed E-state index contributed by atoms with van der Waals surface area (Å²) >= 11 is 15.0. The zero-order valence-electron chi connectivity index (χ0n) is 6.40. The van der Waals surface area contributed by atoms with Gasteiger partial charge in [0, 0.05) is 10.5 Å². The Labute approximate surface area is 89.7 Å². The highest BCUT2D eigenvalue weighted by Crippen LogP contribution is 2.33. The van der Waals surface area contributed by atoms with E-state index in [1.807, 2.05) is 6.92 Å². The van der Waals surface area contributed by atoms with Crippen molar-refractivity contribution in [2.24, 2.45) is 0 Å². The fourth-order valence-corrected chi connectivity index (χ4v) is 1.62. The Morgan fingerprint density at radius 1 is 1.33 bits per heavy atom. The maximum Gasteiger partial charge on any atom is 0.139 e. The molecule has 1 aromatic carbocycles. The van der Waals surface area contributed by atoms with Gasteiger partial charge in [-0.05, 0) is 28.9 Å². The van der Waals surface area contributed by atoms with Crippen molar-refractivity contribution in [2.75, 3.05) is 6.61 Å². The monoisotopic (exact) mass is 268 g/mol. The summed E-state index contributed by atoms with van der Waals surface area (Å²) < 4.78 is 6.01. The van der Waals surface area contributed by atoms with Crippen LogP contribution in [0.15, 0.2) is 16.6 Å². The molecule has 0 aliphatic heterocycles. The van der Waals surface area contributed by atoms with Gasteiger partial charge in [0.05, 0.1) is 16.7 Å². The fraction of sp³-hybridized carbons (Fsp3) is 0.250. The lowest BCUT2D eigenvalue weighted by Gasteiger charge is -2.06. The molecular weight excluding hydrogens is 263 g/mol. The van der Waals surface area contributed by atoms with E-state index in [0.717, 1.165) is 4.47 Å². The minimum atomic E-state index is 0.563. The second-order valence-electron chi connectivity index (χ2n) is 2.13. The molecule has 0 saturated heterocycles. The van der Waals surface area contributed by atoms with Crippen molar-refractivity contribution in [1.82, 2.24) is 0 Å². The Morgan fingerprint density at radius 2 is 2.00 bits per heavy atom. The second-order valence-corrected chi connectivity index (χ2v) is 3.80. The average molecular weight is 270 g/mol. The highest BCUT2D eigenvalue weighted by Gasteiger charge is 2.05. The molecule has 1 aromatic rings. The van der Waals surface area contributed by atoms with E-state index in [2.05, 4.69) is 15.9 Å². The van der Waals surface area contributed by atoms with Gasteiger partial charge in [0.2, 0.25) is 0 Å². The SMILES string of the molecule is CCOc1cc(Cl)c(Br)cc1Cl. The largest absolute Gasteiger partial charge is 0.492 e. The number of hydrogen-bond donors (Lipinski definition) is 0. The predicted octanol–water partition coefficient (Wildman–Crippen LogP) is 4.15. The van der Waals surface area contributed by atoms with Crippen molar-refractivity contribution >= 4 is 39.1 Å². The van der Waals surface area contributed by atoms with Crippen molar-refractivity contribution in [3.63, 3.8) is 0 Å². The van der Waals surface area contributed by atoms with Crippen molar-refractivity contribution in [1.29, 1.82) is 0 Å². The first-order chi connectivity index (χ1) is 5.65. The lowest BCUT2D eigenvalue weighted by atomic mass is 10.3. The van der Waals surface area contributed by atoms with Crippen LogP contribution < -0.4 is 4.74 Å². The van der Waals surface area contributed by atoms with Crippen molar-refractivity contribution < 1.29 is 4.74 Å². The molecule has 0 spiro atoms. The van der Waals surface area contributed by atoms with Crippen LogP contribution in [-0.2, 0) is 0 Å². The smallest absolute Gasteiger partial charge is 0.139 e. The zero-order chi connectivity index (χ0) is 9.14. The summed E-state index contributed by atoms with van der Waals surface area (Å²) in [5, 5.41) is 1.16. The van der Waals surface area contributed by atoms with Crippen LogP contribution in [0.3, 0.4) is 0 Å². The highest BCUT2D eigenvalue weighted by atomic mass is 79.9. The van der Waals surface area contributed by atoms with E-state index in [0.29, 0.717) is 22.4 Å². The summed E-state index contributed by atoms with van der Waals surface area (Å²) in [6.07, 6.45) is 0. The molecule has 1 rings (SSSR count). The summed E-state index contributed by atoms with van der Waals surface area (Å²) in [6, 6.07) is 3.41. The lowest BCUT2D eigenvalue weighted by molar-refractivity contribution is 0.340. The maximum absolute atomic E-state index is 5.87. The molecule has 0 amide bonds. The third-order valence-corrected chi connectivity index (χ3v) is 2.77. The summed E-state index contributed by atoms with van der Waals surface area (Å²) in [4.78, 5) is 0. The Kier molecular flexibility index (Phi) is 3.69. The molecule has 0 fully saturated rings. The summed E-state index contributed by atoms with van der Waals surface area (Å²) in [5.74, 6) is 0.618. The third kappa shape index (κ3) is 2.28. The summed E-state index contributed by atoms with van der Waals surface area (Å²) in [6.45, 7) is 2.48. The topological polar surface area (TPSA) is 9.23 Å². The van der Waals surface area contributed by atoms with E-state index in [9.17, 15) is 0 Å². The van der Waals surface area contributed by atoms with Crippen molar-refractivity contribution in [2.45, 2.75) is 6.92 Å². The van der Waals surface area contributed by atoms with Gasteiger partial charge in [-0.1, -0.05) is 23.2 Å². The highest BCUT2D eigenvalue weighted by molar-refractivity contribution is 9.10. The number of benzene rings is 1. The van der Waals surface area contributed by atoms with Gasteiger partial charge >= 0.3 is 0 Å². The minimum Gasteiger partial charge on any atom is -0.492 e. The van der Waals surface area contributed by atoms with Crippen LogP contribution in [0.5, 0.6) is 5.75 Å². The number of rotatable bonds is 2. The van der Waals surface area contributed by atoms with Crippen molar-refractivity contribution in [3.8, 4) is 5.75 Å². The molecule has 66 valence electrons. The Hall–Kier alpha value is 0.0800. The molecule has 0 aliphatic carbocycles. The molecule has 0 atom stereocenters. The van der Waals surface area contributed by atoms with Gasteiger partial charge in [0.25, 0.3) is 0 Å². The molecule has 0 heterocycles. The molecule has 0 unspecified atom stereocenters. The Balaban J connectivity index is 3.05. The number of ether oxygens (including phenoxy) is 1. The molecule has 4 heteroatoms. The minimum absolute atomic E-state index is 0.563. The van der Waals surface area contributed by atoms with E-state index < -0.39 is 0 Å². The average Bonchev–Trinajstić information content (AvgIpc) is 2.01. The van der Waals surface area contributed by atoms with E-state index >= 15 is 0 Å². The molecule has 0 N–H and O–H groups in total. The first-order valence-corrected chi connectivity index (χ1v) is 4.97. The van der Waals surface area contributed by atoms with Crippen molar-refractivity contribution in [3.05, 3.63) is 26.7 Å². The number of halogens is 3. The molecule has 0 saturated carbocycles. The molecule has 1 nitrogen and oxygen atoms in total. The first kappa shape index (κ1) is 10.2. The van der Waals surface area contributed by atoms with Crippen LogP contribution in [0.2, 0.25) is 10.0 Å². The Morgan fingerprint density at radius 3 is 2.58 bits per heavy atom. The standard InChI is InChI=1S/C8H7BrCl2O/c1-2-12-8-4-6(10)5(9)3-7(8)11/h3-4H,2H2,1H3. The maximum atomic E-state index is 5.87. The van der Waals surface area contributed by atoms with Gasteiger partial charge in [-0.2, -0.15) is 0 Å². The molecule has 0 aliphatic rings. The molecule has 0 aromatic heterocycles. The van der Waals surface area contributed by atoms with Gasteiger partial charge in [-0.3, -0.25) is 0 Å². The van der Waals surface area contributed by atoms with Gasteiger partial charge in [0.15, 0.2) is 0 Å². The zero-order valence-corrected chi connectivity index (χ0v) is 9.50. The summed E-state index contributed by atoms with van der Waals surface area (Å²) in [7, 11) is 0. The van der Waals surface area contributed by atoms with Gasteiger partial charge in [0.1, 0.15) is 5.75 Å². The quantitative estimate of drug-likeness (QED) is 0.733. The predicted molar refractivity (Wildman–Crippen MR) is 55.3 cm³/mol. The van der Waals surface area contributed by atoms with Crippen LogP contribution in [-0.4, -0.2) is 6.61 Å². The van der Waals surface area contributed by atoms with Crippen LogP contribution in [0.25, 0.3) is 0 Å². The second kappa shape index (κ2) is 4.35. The molecular formula is C8H7BrCl2O. The van der Waals surface area contributed by atoms with E-state index in [1.165, 1.54) is 0 Å². The van der Waals surface area contributed by atoms with Gasteiger partial charge < -0.3 is 4.74 Å². The third-order valence-electron chi connectivity index (χ3n) is 1.27. The van der Waals surface area contributed by atoms with Gasteiger partial charge in [-0.15, -0.1) is 0 Å². The van der Waals surface area contributed by atoms with Crippen LogP contribution in [0.4, 0.5) is 0 Å². The van der Waals surface area contributed by atoms with E-state index in [4.69, 9.17) is 27.9 Å². The van der Waals surface area contributed by atoms with Crippen LogP contribution >= 0.6 is 39.1 Å². The fourth-order valence-electron chi connectivity index (χ4n) is 0.770. The molecule has 12 heavy (non-hydrogen) atoms. The Bertz CT molecular complexity index is 289. The van der Waals surface area contributed by atoms with Gasteiger partial charge in [-0.25, -0.2) is 0 Å². The first-order valence-electron chi connectivity index (χ1n) is 3.42. The lowest BCUT2D eigenvalue weighted by Crippen LogP contribution is -1.92. The normalized spacial score (nSPS) is 10.0. The van der Waals surface area contributed by atoms with Crippen LogP contribution in [0, 0.1) is 0 Å². The number of hydrogen-bond acceptors (Lipinski definition) is 1. The van der Waals surface area contributed by atoms with Crippen LogP contribution in [0.1, 0.15) is 6.92 Å².